The van der Waals surface area contributed by atoms with Gasteiger partial charge >= 0.3 is 0 Å². The van der Waals surface area contributed by atoms with Crippen LogP contribution in [0, 0.1) is 0 Å². The van der Waals surface area contributed by atoms with Gasteiger partial charge in [0.25, 0.3) is 24.1 Å². The van der Waals surface area contributed by atoms with E-state index in [9.17, 15) is 23.2 Å². The Balaban J connectivity index is 1.63. The molecule has 10 nitrogen and oxygen atoms in total. The van der Waals surface area contributed by atoms with Gasteiger partial charge in [-0.1, -0.05) is 24.3 Å². The van der Waals surface area contributed by atoms with Crippen molar-refractivity contribution in [2.75, 3.05) is 53.0 Å². The summed E-state index contributed by atoms with van der Waals surface area (Å²) < 4.78 is 37.6. The van der Waals surface area contributed by atoms with Gasteiger partial charge in [-0.25, -0.2) is 14.3 Å². The summed E-state index contributed by atoms with van der Waals surface area (Å²) in [5.74, 6) is -2.56. The number of amides is 3. The number of hydrogen-bond donors (Lipinski definition) is 3. The lowest BCUT2D eigenvalue weighted by Gasteiger charge is -2.28. The van der Waals surface area contributed by atoms with Crippen molar-refractivity contribution in [1.29, 1.82) is 0 Å². The number of halogens is 2. The van der Waals surface area contributed by atoms with E-state index in [-0.39, 0.29) is 5.56 Å². The summed E-state index contributed by atoms with van der Waals surface area (Å²) >= 11 is 0. The molecule has 206 valence electrons. The number of carbonyl (C=O) groups is 3. The molecular formula is C26H32F2N4O6. The highest BCUT2D eigenvalue weighted by Gasteiger charge is 2.37. The van der Waals surface area contributed by atoms with E-state index in [4.69, 9.17) is 14.7 Å². The standard InChI is InChI=1S/C26H32F2N4O6/c1-29-24(33)23(25(34)30-36)32(17-22(27)28)26(35)20-5-3-18(4-6-20)19-7-9-21(10-8-19)38-14-2-11-31-12-15-37-16-13-31/h3-10,22-23,36H,2,11-17H2,1H3,(H,29,33)(H,30,34). The molecule has 1 saturated heterocycles. The van der Waals surface area contributed by atoms with Gasteiger partial charge in [0.05, 0.1) is 26.4 Å². The summed E-state index contributed by atoms with van der Waals surface area (Å²) in [4.78, 5) is 39.9. The number of nitrogens with one attached hydrogen (secondary N) is 2. The summed E-state index contributed by atoms with van der Waals surface area (Å²) in [6.07, 6.45) is -2.11. The topological polar surface area (TPSA) is 120 Å². The summed E-state index contributed by atoms with van der Waals surface area (Å²) in [5, 5.41) is 11.1. The number of likely N-dealkylation sites (N-methyl/N-ethyl adjacent to an activating group) is 1. The van der Waals surface area contributed by atoms with E-state index in [2.05, 4.69) is 10.2 Å². The minimum absolute atomic E-state index is 0.00531. The Labute approximate surface area is 219 Å². The zero-order valence-electron chi connectivity index (χ0n) is 21.1. The van der Waals surface area contributed by atoms with Gasteiger partial charge in [-0.2, -0.15) is 0 Å². The van der Waals surface area contributed by atoms with E-state index < -0.39 is 36.7 Å². The van der Waals surface area contributed by atoms with Gasteiger partial charge in [0.15, 0.2) is 6.04 Å². The van der Waals surface area contributed by atoms with Crippen LogP contribution in [0.5, 0.6) is 5.75 Å². The molecule has 2 aromatic carbocycles. The van der Waals surface area contributed by atoms with Crippen LogP contribution in [0.3, 0.4) is 0 Å². The first-order valence-electron chi connectivity index (χ1n) is 12.2. The molecule has 0 aliphatic carbocycles. The fourth-order valence-electron chi connectivity index (χ4n) is 4.07. The molecule has 0 bridgehead atoms. The number of nitrogens with zero attached hydrogens (tertiary/aromatic N) is 2. The molecule has 3 amide bonds. The third-order valence-corrected chi connectivity index (χ3v) is 6.07. The van der Waals surface area contributed by atoms with Gasteiger partial charge < -0.3 is 19.7 Å². The molecule has 1 aliphatic heterocycles. The SMILES string of the molecule is CNC(=O)C(C(=O)NO)N(CC(F)F)C(=O)c1ccc(-c2ccc(OCCCN3CCOCC3)cc2)cc1. The first-order chi connectivity index (χ1) is 18.3. The van der Waals surface area contributed by atoms with Crippen LogP contribution < -0.4 is 15.5 Å². The molecule has 0 saturated carbocycles. The van der Waals surface area contributed by atoms with Crippen LogP contribution in [0.15, 0.2) is 48.5 Å². The van der Waals surface area contributed by atoms with Crippen molar-refractivity contribution in [2.24, 2.45) is 0 Å². The molecule has 2 aromatic rings. The molecule has 0 radical (unpaired) electrons. The number of benzene rings is 2. The minimum Gasteiger partial charge on any atom is -0.494 e. The van der Waals surface area contributed by atoms with E-state index in [0.29, 0.717) is 11.5 Å². The van der Waals surface area contributed by atoms with Gasteiger partial charge in [0.1, 0.15) is 5.75 Å². The van der Waals surface area contributed by atoms with E-state index in [1.165, 1.54) is 24.7 Å². The Morgan fingerprint density at radius 2 is 1.63 bits per heavy atom. The van der Waals surface area contributed by atoms with E-state index in [1.54, 1.807) is 12.1 Å². The second kappa shape index (κ2) is 14.4. The quantitative estimate of drug-likeness (QED) is 0.164. The number of alkyl halides is 2. The maximum atomic E-state index is 13.2. The number of hydroxylamine groups is 1. The largest absolute Gasteiger partial charge is 0.494 e. The van der Waals surface area contributed by atoms with Crippen molar-refractivity contribution in [1.82, 2.24) is 20.6 Å². The summed E-state index contributed by atoms with van der Waals surface area (Å²) in [6.45, 7) is 3.78. The molecule has 0 spiro atoms. The molecule has 1 aliphatic rings. The minimum atomic E-state index is -3.02. The second-order valence-electron chi connectivity index (χ2n) is 8.60. The fraction of sp³-hybridized carbons (Fsp3) is 0.423. The summed E-state index contributed by atoms with van der Waals surface area (Å²) in [6, 6.07) is 11.5. The van der Waals surface area contributed by atoms with Crippen molar-refractivity contribution < 1.29 is 37.8 Å². The van der Waals surface area contributed by atoms with Crippen molar-refractivity contribution >= 4 is 17.7 Å². The highest BCUT2D eigenvalue weighted by molar-refractivity contribution is 6.08. The summed E-state index contributed by atoms with van der Waals surface area (Å²) in [5.41, 5.74) is 2.85. The molecule has 0 aromatic heterocycles. The van der Waals surface area contributed by atoms with Gasteiger partial charge in [0.2, 0.25) is 0 Å². The normalized spacial score (nSPS) is 14.6. The van der Waals surface area contributed by atoms with E-state index in [1.807, 2.05) is 24.3 Å². The average Bonchev–Trinajstić information content (AvgIpc) is 2.95. The Hall–Kier alpha value is -3.61. The number of morpholine rings is 1. The fourth-order valence-corrected chi connectivity index (χ4v) is 4.07. The highest BCUT2D eigenvalue weighted by atomic mass is 19.3. The van der Waals surface area contributed by atoms with Crippen LogP contribution in [-0.4, -0.2) is 98.2 Å². The first kappa shape index (κ1) is 29.0. The van der Waals surface area contributed by atoms with Crippen LogP contribution in [-0.2, 0) is 14.3 Å². The Morgan fingerprint density at radius 3 is 2.18 bits per heavy atom. The molecular weight excluding hydrogens is 502 g/mol. The van der Waals surface area contributed by atoms with Crippen molar-refractivity contribution in [3.05, 3.63) is 54.1 Å². The lowest BCUT2D eigenvalue weighted by atomic mass is 10.0. The Bertz CT molecular complexity index is 1050. The second-order valence-corrected chi connectivity index (χ2v) is 8.60. The number of ether oxygens (including phenoxy) is 2. The van der Waals surface area contributed by atoms with Gasteiger partial charge in [0, 0.05) is 32.2 Å². The molecule has 1 unspecified atom stereocenters. The number of hydrogen-bond acceptors (Lipinski definition) is 7. The monoisotopic (exact) mass is 534 g/mol. The molecule has 1 heterocycles. The van der Waals surface area contributed by atoms with Crippen LogP contribution >= 0.6 is 0 Å². The van der Waals surface area contributed by atoms with Gasteiger partial charge in [-0.05, 0) is 41.8 Å². The van der Waals surface area contributed by atoms with Crippen LogP contribution in [0.1, 0.15) is 16.8 Å². The molecule has 3 rings (SSSR count). The zero-order valence-corrected chi connectivity index (χ0v) is 21.1. The number of rotatable bonds is 12. The average molecular weight is 535 g/mol. The van der Waals surface area contributed by atoms with Crippen molar-refractivity contribution in [3.63, 3.8) is 0 Å². The summed E-state index contributed by atoms with van der Waals surface area (Å²) in [7, 11) is 1.18. The lowest BCUT2D eigenvalue weighted by Crippen LogP contribution is -2.57. The molecule has 38 heavy (non-hydrogen) atoms. The van der Waals surface area contributed by atoms with Crippen LogP contribution in [0.2, 0.25) is 0 Å². The zero-order chi connectivity index (χ0) is 27.5. The highest BCUT2D eigenvalue weighted by Crippen LogP contribution is 2.24. The van der Waals surface area contributed by atoms with E-state index in [0.717, 1.165) is 56.1 Å². The van der Waals surface area contributed by atoms with Crippen molar-refractivity contribution in [2.45, 2.75) is 18.9 Å². The first-order valence-corrected chi connectivity index (χ1v) is 12.2. The maximum Gasteiger partial charge on any atom is 0.275 e. The lowest BCUT2D eigenvalue weighted by molar-refractivity contribution is -0.141. The van der Waals surface area contributed by atoms with Gasteiger partial charge in [-0.3, -0.25) is 24.5 Å². The number of carbonyl (C=O) groups excluding carboxylic acids is 3. The smallest absolute Gasteiger partial charge is 0.275 e. The molecule has 12 heteroatoms. The van der Waals surface area contributed by atoms with E-state index >= 15 is 0 Å². The predicted octanol–water partition coefficient (Wildman–Crippen LogP) is 1.78. The molecule has 3 N–H and O–H groups in total. The van der Waals surface area contributed by atoms with Crippen LogP contribution in [0.25, 0.3) is 11.1 Å². The third-order valence-electron chi connectivity index (χ3n) is 6.07. The Morgan fingerprint density at radius 1 is 1.03 bits per heavy atom. The Kier molecular flexibility index (Phi) is 10.9. The van der Waals surface area contributed by atoms with Crippen molar-refractivity contribution in [3.8, 4) is 16.9 Å². The van der Waals surface area contributed by atoms with Crippen LogP contribution in [0.4, 0.5) is 8.78 Å². The third kappa shape index (κ3) is 7.94. The molecule has 1 atom stereocenters. The maximum absolute atomic E-state index is 13.2. The van der Waals surface area contributed by atoms with Gasteiger partial charge in [-0.15, -0.1) is 0 Å². The predicted molar refractivity (Wildman–Crippen MR) is 134 cm³/mol. The molecule has 1 fully saturated rings.